The number of hydrogen-bond donors (Lipinski definition) is 1. The van der Waals surface area contributed by atoms with Crippen LogP contribution in [0, 0.1) is 0 Å². The summed E-state index contributed by atoms with van der Waals surface area (Å²) >= 11 is 5.89. The van der Waals surface area contributed by atoms with E-state index < -0.39 is 0 Å². The summed E-state index contributed by atoms with van der Waals surface area (Å²) in [5.41, 5.74) is 0.239. The predicted octanol–water partition coefficient (Wildman–Crippen LogP) is 2.66. The molecule has 0 spiro atoms. The lowest BCUT2D eigenvalue weighted by atomic mass is 10.3. The molecule has 0 atom stereocenters. The zero-order valence-electron chi connectivity index (χ0n) is 8.47. The van der Waals surface area contributed by atoms with Crippen LogP contribution < -0.4 is 5.32 Å². The van der Waals surface area contributed by atoms with Crippen molar-refractivity contribution in [3.63, 3.8) is 0 Å². The molecular weight excluding hydrogens is 198 g/mol. The molecule has 1 saturated carbocycles. The van der Waals surface area contributed by atoms with Crippen LogP contribution in [0.1, 0.15) is 32.5 Å². The molecule has 1 aliphatic carbocycles. The van der Waals surface area contributed by atoms with Gasteiger partial charge in [-0.25, -0.2) is 9.97 Å². The average molecular weight is 212 g/mol. The number of nitrogens with one attached hydrogen (secondary N) is 1. The van der Waals surface area contributed by atoms with Crippen LogP contribution in [0.15, 0.2) is 6.07 Å². The monoisotopic (exact) mass is 211 g/mol. The fourth-order valence-corrected chi connectivity index (χ4v) is 1.51. The molecule has 0 aliphatic heterocycles. The summed E-state index contributed by atoms with van der Waals surface area (Å²) in [6, 6.07) is 1.78. The van der Waals surface area contributed by atoms with Crippen molar-refractivity contribution in [2.24, 2.45) is 0 Å². The van der Waals surface area contributed by atoms with Crippen LogP contribution in [-0.4, -0.2) is 15.5 Å². The van der Waals surface area contributed by atoms with Gasteiger partial charge < -0.3 is 5.32 Å². The molecule has 0 aromatic carbocycles. The highest BCUT2D eigenvalue weighted by atomic mass is 35.5. The van der Waals surface area contributed by atoms with Gasteiger partial charge in [0.15, 0.2) is 0 Å². The largest absolute Gasteiger partial charge is 0.365 e. The van der Waals surface area contributed by atoms with Gasteiger partial charge in [0, 0.05) is 18.0 Å². The van der Waals surface area contributed by atoms with Crippen LogP contribution in [0.3, 0.4) is 0 Å². The zero-order valence-corrected chi connectivity index (χ0v) is 9.23. The molecule has 1 heterocycles. The van der Waals surface area contributed by atoms with Crippen molar-refractivity contribution >= 4 is 17.4 Å². The molecular formula is C10H14ClN3. The zero-order chi connectivity index (χ0) is 10.2. The maximum absolute atomic E-state index is 5.89. The lowest BCUT2D eigenvalue weighted by molar-refractivity contribution is 0.811. The number of nitrogens with zero attached hydrogens (tertiary/aromatic N) is 2. The van der Waals surface area contributed by atoms with Gasteiger partial charge in [0.2, 0.25) is 0 Å². The van der Waals surface area contributed by atoms with Crippen molar-refractivity contribution in [3.8, 4) is 0 Å². The van der Waals surface area contributed by atoms with E-state index in [0.29, 0.717) is 5.15 Å². The maximum Gasteiger partial charge on any atom is 0.134 e. The van der Waals surface area contributed by atoms with Crippen LogP contribution >= 0.6 is 11.6 Å². The summed E-state index contributed by atoms with van der Waals surface area (Å²) in [6.07, 6.45) is 3.22. The number of hydrogen-bond acceptors (Lipinski definition) is 3. The minimum absolute atomic E-state index is 0.239. The van der Waals surface area contributed by atoms with Gasteiger partial charge in [0.05, 0.1) is 0 Å². The molecule has 76 valence electrons. The number of anilines is 1. The Morgan fingerprint density at radius 2 is 2.21 bits per heavy atom. The molecule has 0 saturated heterocycles. The first-order valence-corrected chi connectivity index (χ1v) is 5.31. The molecule has 1 aromatic rings. The van der Waals surface area contributed by atoms with Crippen LogP contribution in [0.4, 0.5) is 5.82 Å². The lowest BCUT2D eigenvalue weighted by Crippen LogP contribution is -2.17. The minimum atomic E-state index is 0.239. The normalized spacial score (nSPS) is 17.9. The Hall–Kier alpha value is -0.830. The first-order chi connectivity index (χ1) is 6.61. The maximum atomic E-state index is 5.89. The summed E-state index contributed by atoms with van der Waals surface area (Å²) < 4.78 is 0. The number of aryl methyl sites for hydroxylation is 1. The molecule has 1 aromatic heterocycles. The van der Waals surface area contributed by atoms with Crippen LogP contribution in [-0.2, 0) is 6.42 Å². The van der Waals surface area contributed by atoms with Crippen LogP contribution in [0.25, 0.3) is 0 Å². The highest BCUT2D eigenvalue weighted by molar-refractivity contribution is 6.29. The molecule has 2 rings (SSSR count). The number of rotatable bonds is 3. The third kappa shape index (κ3) is 2.15. The lowest BCUT2D eigenvalue weighted by Gasteiger charge is -2.12. The van der Waals surface area contributed by atoms with Crippen molar-refractivity contribution in [1.29, 1.82) is 0 Å². The summed E-state index contributed by atoms with van der Waals surface area (Å²) in [7, 11) is 0. The first kappa shape index (κ1) is 9.71. The molecule has 4 heteroatoms. The van der Waals surface area contributed by atoms with Gasteiger partial charge in [-0.3, -0.25) is 0 Å². The van der Waals surface area contributed by atoms with E-state index in [1.807, 2.05) is 6.92 Å². The van der Waals surface area contributed by atoms with E-state index in [-0.39, 0.29) is 5.54 Å². The Balaban J connectivity index is 2.20. The van der Waals surface area contributed by atoms with Gasteiger partial charge >= 0.3 is 0 Å². The summed E-state index contributed by atoms with van der Waals surface area (Å²) in [5, 5.41) is 3.89. The molecule has 1 N–H and O–H groups in total. The fraction of sp³-hybridized carbons (Fsp3) is 0.600. The molecule has 0 bridgehead atoms. The summed E-state index contributed by atoms with van der Waals surface area (Å²) in [5.74, 6) is 1.64. The van der Waals surface area contributed by atoms with Crippen molar-refractivity contribution < 1.29 is 0 Å². The second kappa shape index (κ2) is 3.39. The molecule has 3 nitrogen and oxygen atoms in total. The van der Waals surface area contributed by atoms with E-state index in [9.17, 15) is 0 Å². The van der Waals surface area contributed by atoms with Gasteiger partial charge in [-0.2, -0.15) is 0 Å². The van der Waals surface area contributed by atoms with Gasteiger partial charge in [-0.15, -0.1) is 0 Å². The highest BCUT2D eigenvalue weighted by Gasteiger charge is 2.37. The van der Waals surface area contributed by atoms with Crippen molar-refractivity contribution in [2.75, 3.05) is 5.32 Å². The topological polar surface area (TPSA) is 37.8 Å². The Labute approximate surface area is 88.9 Å². The molecule has 14 heavy (non-hydrogen) atoms. The average Bonchev–Trinajstić information content (AvgIpc) is 2.82. The molecule has 0 amide bonds. The van der Waals surface area contributed by atoms with Gasteiger partial charge in [-0.1, -0.05) is 18.5 Å². The van der Waals surface area contributed by atoms with Gasteiger partial charge in [-0.05, 0) is 19.8 Å². The van der Waals surface area contributed by atoms with E-state index in [2.05, 4.69) is 22.2 Å². The van der Waals surface area contributed by atoms with Crippen LogP contribution in [0.5, 0.6) is 0 Å². The van der Waals surface area contributed by atoms with Crippen molar-refractivity contribution in [2.45, 2.75) is 38.6 Å². The van der Waals surface area contributed by atoms with Crippen molar-refractivity contribution in [1.82, 2.24) is 9.97 Å². The summed E-state index contributed by atoms with van der Waals surface area (Å²) in [4.78, 5) is 8.49. The Bertz CT molecular complexity index is 347. The van der Waals surface area contributed by atoms with Gasteiger partial charge in [0.1, 0.15) is 16.8 Å². The minimum Gasteiger partial charge on any atom is -0.365 e. The molecule has 1 aliphatic rings. The van der Waals surface area contributed by atoms with E-state index >= 15 is 0 Å². The summed E-state index contributed by atoms with van der Waals surface area (Å²) in [6.45, 7) is 4.21. The number of aromatic nitrogens is 2. The van der Waals surface area contributed by atoms with Crippen LogP contribution in [0.2, 0.25) is 5.15 Å². The molecule has 0 radical (unpaired) electrons. The Kier molecular flexibility index (Phi) is 2.35. The highest BCUT2D eigenvalue weighted by Crippen LogP contribution is 2.37. The Morgan fingerprint density at radius 3 is 2.79 bits per heavy atom. The van der Waals surface area contributed by atoms with E-state index in [0.717, 1.165) is 18.1 Å². The van der Waals surface area contributed by atoms with E-state index in [1.54, 1.807) is 6.07 Å². The first-order valence-electron chi connectivity index (χ1n) is 4.93. The molecule has 0 unspecified atom stereocenters. The van der Waals surface area contributed by atoms with Gasteiger partial charge in [0.25, 0.3) is 0 Å². The third-order valence-electron chi connectivity index (χ3n) is 2.49. The van der Waals surface area contributed by atoms with E-state index in [4.69, 9.17) is 11.6 Å². The smallest absolute Gasteiger partial charge is 0.134 e. The third-order valence-corrected chi connectivity index (χ3v) is 2.68. The fourth-order valence-electron chi connectivity index (χ4n) is 1.31. The number of halogens is 1. The quantitative estimate of drug-likeness (QED) is 0.782. The SMILES string of the molecule is CCc1nc(Cl)cc(NC2(C)CC2)n1. The van der Waals surface area contributed by atoms with E-state index in [1.165, 1.54) is 12.8 Å². The predicted molar refractivity (Wildman–Crippen MR) is 57.7 cm³/mol. The second-order valence-corrected chi connectivity index (χ2v) is 4.42. The Morgan fingerprint density at radius 1 is 1.50 bits per heavy atom. The second-order valence-electron chi connectivity index (χ2n) is 4.03. The molecule has 1 fully saturated rings. The van der Waals surface area contributed by atoms with Crippen molar-refractivity contribution in [3.05, 3.63) is 17.0 Å². The standard InChI is InChI=1S/C10H14ClN3/c1-3-8-12-7(11)6-9(13-8)14-10(2)4-5-10/h6H,3-5H2,1-2H3,(H,12,13,14).